The Bertz CT molecular complexity index is 459. The molecule has 0 unspecified atom stereocenters. The lowest BCUT2D eigenvalue weighted by Crippen LogP contribution is -2.49. The molecular formula is C16H25N3O. The topological polar surface area (TPSA) is 58.4 Å². The summed E-state index contributed by atoms with van der Waals surface area (Å²) in [6, 6.07) is 7.86. The van der Waals surface area contributed by atoms with Crippen molar-refractivity contribution >= 4 is 11.6 Å². The van der Waals surface area contributed by atoms with Crippen LogP contribution in [-0.2, 0) is 10.2 Å². The molecule has 1 fully saturated rings. The number of benzene rings is 1. The molecule has 1 aromatic rings. The Balaban J connectivity index is 2.01. The number of hydrogen-bond donors (Lipinski definition) is 2. The van der Waals surface area contributed by atoms with Gasteiger partial charge in [0.1, 0.15) is 0 Å². The number of likely N-dealkylation sites (tertiary alicyclic amines) is 1. The fourth-order valence-electron chi connectivity index (χ4n) is 2.55. The lowest BCUT2D eigenvalue weighted by molar-refractivity contribution is -0.126. The zero-order valence-electron chi connectivity index (χ0n) is 12.6. The van der Waals surface area contributed by atoms with Crippen LogP contribution in [0.3, 0.4) is 0 Å². The maximum Gasteiger partial charge on any atom is 0.230 e. The second-order valence-corrected chi connectivity index (χ2v) is 6.30. The molecular weight excluding hydrogens is 250 g/mol. The zero-order valence-corrected chi connectivity index (χ0v) is 12.6. The van der Waals surface area contributed by atoms with Crippen LogP contribution in [0.1, 0.15) is 32.3 Å². The highest BCUT2D eigenvalue weighted by Gasteiger charge is 2.31. The summed E-state index contributed by atoms with van der Waals surface area (Å²) in [6.07, 6.45) is 2.06. The van der Waals surface area contributed by atoms with E-state index in [1.165, 1.54) is 0 Å². The van der Waals surface area contributed by atoms with Crippen molar-refractivity contribution < 1.29 is 4.79 Å². The molecule has 3 N–H and O–H groups in total. The van der Waals surface area contributed by atoms with Crippen LogP contribution in [0.2, 0.25) is 0 Å². The minimum absolute atomic E-state index is 0.0943. The predicted molar refractivity (Wildman–Crippen MR) is 82.5 cm³/mol. The van der Waals surface area contributed by atoms with Crippen LogP contribution in [0.15, 0.2) is 24.3 Å². The summed E-state index contributed by atoms with van der Waals surface area (Å²) >= 11 is 0. The number of rotatable bonds is 3. The molecule has 0 spiro atoms. The second kappa shape index (κ2) is 5.83. The van der Waals surface area contributed by atoms with E-state index >= 15 is 0 Å². The van der Waals surface area contributed by atoms with E-state index in [9.17, 15) is 4.79 Å². The predicted octanol–water partition coefficient (Wildman–Crippen LogP) is 1.76. The Labute approximate surface area is 121 Å². The SMILES string of the molecule is CN1CCC(NC(=O)C(C)(C)c2ccc(N)cc2)CC1. The molecule has 0 radical (unpaired) electrons. The van der Waals surface area contributed by atoms with Gasteiger partial charge in [-0.3, -0.25) is 4.79 Å². The fourth-order valence-corrected chi connectivity index (χ4v) is 2.55. The van der Waals surface area contributed by atoms with E-state index in [0.717, 1.165) is 37.2 Å². The number of hydrogen-bond acceptors (Lipinski definition) is 3. The molecule has 4 heteroatoms. The Hall–Kier alpha value is -1.55. The van der Waals surface area contributed by atoms with E-state index in [1.54, 1.807) is 0 Å². The molecule has 1 aliphatic heterocycles. The standard InChI is InChI=1S/C16H25N3O/c1-16(2,12-4-6-13(17)7-5-12)15(20)18-14-8-10-19(3)11-9-14/h4-7,14H,8-11,17H2,1-3H3,(H,18,20). The summed E-state index contributed by atoms with van der Waals surface area (Å²) in [5.74, 6) is 0.0943. The Morgan fingerprint density at radius 1 is 1.25 bits per heavy atom. The number of nitrogens with two attached hydrogens (primary N) is 1. The first-order chi connectivity index (χ1) is 9.39. The van der Waals surface area contributed by atoms with Gasteiger partial charge in [-0.25, -0.2) is 0 Å². The number of nitrogens with zero attached hydrogens (tertiary/aromatic N) is 1. The van der Waals surface area contributed by atoms with Gasteiger partial charge in [-0.1, -0.05) is 12.1 Å². The van der Waals surface area contributed by atoms with Crippen molar-refractivity contribution in [1.29, 1.82) is 0 Å². The number of carbonyl (C=O) groups is 1. The summed E-state index contributed by atoms with van der Waals surface area (Å²) < 4.78 is 0. The molecule has 4 nitrogen and oxygen atoms in total. The Kier molecular flexibility index (Phi) is 4.33. The molecule has 1 saturated heterocycles. The highest BCUT2D eigenvalue weighted by Crippen LogP contribution is 2.25. The number of nitrogen functional groups attached to an aromatic ring is 1. The van der Waals surface area contributed by atoms with E-state index in [4.69, 9.17) is 5.73 Å². The van der Waals surface area contributed by atoms with Gasteiger partial charge < -0.3 is 16.0 Å². The van der Waals surface area contributed by atoms with Crippen molar-refractivity contribution in [2.75, 3.05) is 25.9 Å². The van der Waals surface area contributed by atoms with Gasteiger partial charge in [0, 0.05) is 11.7 Å². The molecule has 1 aliphatic rings. The van der Waals surface area contributed by atoms with Crippen molar-refractivity contribution in [2.24, 2.45) is 0 Å². The van der Waals surface area contributed by atoms with Crippen LogP contribution in [0.4, 0.5) is 5.69 Å². The van der Waals surface area contributed by atoms with Crippen LogP contribution < -0.4 is 11.1 Å². The van der Waals surface area contributed by atoms with Gasteiger partial charge in [0.25, 0.3) is 0 Å². The minimum atomic E-state index is -0.531. The quantitative estimate of drug-likeness (QED) is 0.826. The molecule has 0 bridgehead atoms. The smallest absolute Gasteiger partial charge is 0.230 e. The van der Waals surface area contributed by atoms with Crippen LogP contribution >= 0.6 is 0 Å². The van der Waals surface area contributed by atoms with Gasteiger partial charge in [0.2, 0.25) is 5.91 Å². The number of anilines is 1. The van der Waals surface area contributed by atoms with E-state index in [0.29, 0.717) is 6.04 Å². The molecule has 1 heterocycles. The molecule has 110 valence electrons. The van der Waals surface area contributed by atoms with Crippen molar-refractivity contribution in [2.45, 2.75) is 38.1 Å². The Morgan fingerprint density at radius 2 is 1.80 bits per heavy atom. The van der Waals surface area contributed by atoms with Crippen molar-refractivity contribution in [3.8, 4) is 0 Å². The van der Waals surface area contributed by atoms with Gasteiger partial charge in [0.05, 0.1) is 5.41 Å². The third-order valence-electron chi connectivity index (χ3n) is 4.25. The molecule has 2 rings (SSSR count). The summed E-state index contributed by atoms with van der Waals surface area (Å²) in [6.45, 7) is 6.02. The van der Waals surface area contributed by atoms with E-state index < -0.39 is 5.41 Å². The van der Waals surface area contributed by atoms with Crippen LogP contribution in [0.5, 0.6) is 0 Å². The molecule has 0 aromatic heterocycles. The minimum Gasteiger partial charge on any atom is -0.399 e. The summed E-state index contributed by atoms with van der Waals surface area (Å²) in [4.78, 5) is 14.8. The van der Waals surface area contributed by atoms with Gasteiger partial charge in [0.15, 0.2) is 0 Å². The maximum atomic E-state index is 12.5. The third kappa shape index (κ3) is 3.31. The molecule has 1 aromatic carbocycles. The Morgan fingerprint density at radius 3 is 2.35 bits per heavy atom. The number of nitrogens with one attached hydrogen (secondary N) is 1. The zero-order chi connectivity index (χ0) is 14.8. The van der Waals surface area contributed by atoms with Gasteiger partial charge in [-0.05, 0) is 64.5 Å². The lowest BCUT2D eigenvalue weighted by Gasteiger charge is -2.32. The van der Waals surface area contributed by atoms with Crippen LogP contribution in [-0.4, -0.2) is 37.0 Å². The van der Waals surface area contributed by atoms with Crippen molar-refractivity contribution in [3.05, 3.63) is 29.8 Å². The lowest BCUT2D eigenvalue weighted by atomic mass is 9.83. The van der Waals surface area contributed by atoms with Gasteiger partial charge >= 0.3 is 0 Å². The second-order valence-electron chi connectivity index (χ2n) is 6.30. The average Bonchev–Trinajstić information content (AvgIpc) is 2.42. The molecule has 0 aliphatic carbocycles. The maximum absolute atomic E-state index is 12.5. The van der Waals surface area contributed by atoms with E-state index in [2.05, 4.69) is 17.3 Å². The molecule has 1 amide bonds. The average molecular weight is 275 g/mol. The van der Waals surface area contributed by atoms with E-state index in [-0.39, 0.29) is 5.91 Å². The summed E-state index contributed by atoms with van der Waals surface area (Å²) in [5.41, 5.74) is 6.89. The largest absolute Gasteiger partial charge is 0.399 e. The first kappa shape index (κ1) is 14.9. The molecule has 0 saturated carbocycles. The first-order valence-electron chi connectivity index (χ1n) is 7.25. The third-order valence-corrected chi connectivity index (χ3v) is 4.25. The van der Waals surface area contributed by atoms with Crippen LogP contribution in [0, 0.1) is 0 Å². The highest BCUT2D eigenvalue weighted by molar-refractivity contribution is 5.87. The number of piperidine rings is 1. The molecule has 0 atom stereocenters. The summed E-state index contributed by atoms with van der Waals surface area (Å²) in [7, 11) is 2.12. The van der Waals surface area contributed by atoms with Crippen molar-refractivity contribution in [1.82, 2.24) is 10.2 Å². The number of amides is 1. The first-order valence-corrected chi connectivity index (χ1v) is 7.25. The van der Waals surface area contributed by atoms with Crippen molar-refractivity contribution in [3.63, 3.8) is 0 Å². The van der Waals surface area contributed by atoms with Gasteiger partial charge in [-0.2, -0.15) is 0 Å². The normalized spacial score (nSPS) is 17.9. The summed E-state index contributed by atoms with van der Waals surface area (Å²) in [5, 5.41) is 3.20. The fraction of sp³-hybridized carbons (Fsp3) is 0.562. The molecule has 20 heavy (non-hydrogen) atoms. The van der Waals surface area contributed by atoms with E-state index in [1.807, 2.05) is 38.1 Å². The van der Waals surface area contributed by atoms with Crippen LogP contribution in [0.25, 0.3) is 0 Å². The highest BCUT2D eigenvalue weighted by atomic mass is 16.2. The van der Waals surface area contributed by atoms with Gasteiger partial charge in [-0.15, -0.1) is 0 Å². The number of carbonyl (C=O) groups excluding carboxylic acids is 1. The monoisotopic (exact) mass is 275 g/mol.